The summed E-state index contributed by atoms with van der Waals surface area (Å²) < 4.78 is 0. The normalized spacial score (nSPS) is 32.8. The summed E-state index contributed by atoms with van der Waals surface area (Å²) in [7, 11) is 0. The maximum Gasteiger partial charge on any atom is 0.0946 e. The van der Waals surface area contributed by atoms with Crippen molar-refractivity contribution in [3.8, 4) is 6.07 Å². The predicted octanol–water partition coefficient (Wildman–Crippen LogP) is 2.89. The SMILES string of the molecule is CC1(C)CC1/C=C(/C#N)C1CC1. The van der Waals surface area contributed by atoms with Gasteiger partial charge in [-0.1, -0.05) is 19.9 Å². The van der Waals surface area contributed by atoms with Gasteiger partial charge in [0.1, 0.15) is 0 Å². The standard InChI is InChI=1S/C11H15N/c1-11(2)6-10(11)5-9(7-12)8-3-4-8/h5,8,10H,3-4,6H2,1-2H3/b9-5-. The number of allylic oxidation sites excluding steroid dienone is 2. The summed E-state index contributed by atoms with van der Waals surface area (Å²) >= 11 is 0. The largest absolute Gasteiger partial charge is 0.193 e. The first-order valence-electron chi connectivity index (χ1n) is 4.75. The van der Waals surface area contributed by atoms with Gasteiger partial charge in [0, 0.05) is 5.57 Å². The summed E-state index contributed by atoms with van der Waals surface area (Å²) in [6.07, 6.45) is 5.97. The Kier molecular flexibility index (Phi) is 1.54. The molecule has 2 fully saturated rings. The lowest BCUT2D eigenvalue weighted by Crippen LogP contribution is -1.89. The molecule has 0 heterocycles. The Morgan fingerprint density at radius 2 is 2.08 bits per heavy atom. The first kappa shape index (κ1) is 7.86. The lowest BCUT2D eigenvalue weighted by molar-refractivity contribution is 0.608. The number of nitrogens with zero attached hydrogens (tertiary/aromatic N) is 1. The van der Waals surface area contributed by atoms with Gasteiger partial charge < -0.3 is 0 Å². The minimum Gasteiger partial charge on any atom is -0.193 e. The highest BCUT2D eigenvalue weighted by Crippen LogP contribution is 2.53. The van der Waals surface area contributed by atoms with Crippen LogP contribution in [0.25, 0.3) is 0 Å². The predicted molar refractivity (Wildman–Crippen MR) is 48.3 cm³/mol. The molecule has 1 heteroatoms. The van der Waals surface area contributed by atoms with Crippen molar-refractivity contribution in [3.63, 3.8) is 0 Å². The van der Waals surface area contributed by atoms with E-state index in [0.29, 0.717) is 17.3 Å². The first-order chi connectivity index (χ1) is 5.63. The molecule has 0 radical (unpaired) electrons. The fourth-order valence-corrected chi connectivity index (χ4v) is 1.67. The summed E-state index contributed by atoms with van der Waals surface area (Å²) in [6, 6.07) is 2.33. The molecule has 1 unspecified atom stereocenters. The van der Waals surface area contributed by atoms with Gasteiger partial charge in [-0.3, -0.25) is 0 Å². The lowest BCUT2D eigenvalue weighted by Gasteiger charge is -1.97. The smallest absolute Gasteiger partial charge is 0.0946 e. The number of nitriles is 1. The van der Waals surface area contributed by atoms with Gasteiger partial charge in [0.25, 0.3) is 0 Å². The van der Waals surface area contributed by atoms with Gasteiger partial charge in [-0.2, -0.15) is 5.26 Å². The third-order valence-electron chi connectivity index (χ3n) is 3.12. The molecule has 2 rings (SSSR count). The molecule has 2 saturated carbocycles. The van der Waals surface area contributed by atoms with Gasteiger partial charge in [0.05, 0.1) is 6.07 Å². The second-order valence-corrected chi connectivity index (χ2v) is 4.81. The van der Waals surface area contributed by atoms with E-state index < -0.39 is 0 Å². The van der Waals surface area contributed by atoms with Crippen molar-refractivity contribution in [3.05, 3.63) is 11.6 Å². The van der Waals surface area contributed by atoms with Crippen LogP contribution >= 0.6 is 0 Å². The zero-order chi connectivity index (χ0) is 8.77. The van der Waals surface area contributed by atoms with Gasteiger partial charge >= 0.3 is 0 Å². The highest BCUT2D eigenvalue weighted by molar-refractivity contribution is 5.30. The van der Waals surface area contributed by atoms with Crippen LogP contribution in [-0.2, 0) is 0 Å². The molecule has 0 aromatic rings. The molecule has 2 aliphatic carbocycles. The summed E-state index contributed by atoms with van der Waals surface area (Å²) in [6.45, 7) is 4.55. The number of rotatable bonds is 2. The second kappa shape index (κ2) is 2.36. The average Bonchev–Trinajstić information content (AvgIpc) is 2.84. The molecule has 64 valence electrons. The van der Waals surface area contributed by atoms with Crippen molar-refractivity contribution in [2.75, 3.05) is 0 Å². The zero-order valence-corrected chi connectivity index (χ0v) is 7.80. The van der Waals surface area contributed by atoms with E-state index in [1.54, 1.807) is 0 Å². The van der Waals surface area contributed by atoms with E-state index in [1.807, 2.05) is 0 Å². The van der Waals surface area contributed by atoms with Crippen LogP contribution in [-0.4, -0.2) is 0 Å². The molecule has 2 aliphatic rings. The topological polar surface area (TPSA) is 23.8 Å². The Bertz CT molecular complexity index is 263. The van der Waals surface area contributed by atoms with Crippen molar-refractivity contribution in [1.82, 2.24) is 0 Å². The quantitative estimate of drug-likeness (QED) is 0.571. The summed E-state index contributed by atoms with van der Waals surface area (Å²) in [5, 5.41) is 8.87. The Hall–Kier alpha value is -0.770. The van der Waals surface area contributed by atoms with Gasteiger partial charge in [-0.25, -0.2) is 0 Å². The molecule has 12 heavy (non-hydrogen) atoms. The minimum atomic E-state index is 0.483. The van der Waals surface area contributed by atoms with E-state index in [-0.39, 0.29) is 0 Å². The Balaban J connectivity index is 2.03. The average molecular weight is 161 g/mol. The summed E-state index contributed by atoms with van der Waals surface area (Å²) in [5.74, 6) is 1.32. The molecule has 1 atom stereocenters. The fourth-order valence-electron chi connectivity index (χ4n) is 1.67. The van der Waals surface area contributed by atoms with Gasteiger partial charge in [0.2, 0.25) is 0 Å². The van der Waals surface area contributed by atoms with Gasteiger partial charge in [-0.05, 0) is 36.5 Å². The molecule has 0 spiro atoms. The van der Waals surface area contributed by atoms with Crippen molar-refractivity contribution < 1.29 is 0 Å². The van der Waals surface area contributed by atoms with Crippen LogP contribution in [0.4, 0.5) is 0 Å². The lowest BCUT2D eigenvalue weighted by atomic mass is 10.1. The van der Waals surface area contributed by atoms with E-state index in [9.17, 15) is 0 Å². The maximum absolute atomic E-state index is 8.87. The minimum absolute atomic E-state index is 0.483. The molecule has 0 aromatic heterocycles. The molecule has 0 aliphatic heterocycles. The molecule has 0 amide bonds. The van der Waals surface area contributed by atoms with Crippen molar-refractivity contribution in [2.45, 2.75) is 33.1 Å². The van der Waals surface area contributed by atoms with Crippen LogP contribution in [0.1, 0.15) is 33.1 Å². The van der Waals surface area contributed by atoms with E-state index in [2.05, 4.69) is 26.0 Å². The number of hydrogen-bond donors (Lipinski definition) is 0. The van der Waals surface area contributed by atoms with Gasteiger partial charge in [-0.15, -0.1) is 0 Å². The van der Waals surface area contributed by atoms with Crippen molar-refractivity contribution in [2.24, 2.45) is 17.3 Å². The summed E-state index contributed by atoms with van der Waals surface area (Å²) in [5.41, 5.74) is 1.54. The monoisotopic (exact) mass is 161 g/mol. The van der Waals surface area contributed by atoms with E-state index in [4.69, 9.17) is 5.26 Å². The molecular weight excluding hydrogens is 146 g/mol. The molecule has 0 bridgehead atoms. The third kappa shape index (κ3) is 1.39. The molecule has 1 nitrogen and oxygen atoms in total. The summed E-state index contributed by atoms with van der Waals surface area (Å²) in [4.78, 5) is 0. The Morgan fingerprint density at radius 1 is 1.50 bits per heavy atom. The second-order valence-electron chi connectivity index (χ2n) is 4.81. The van der Waals surface area contributed by atoms with E-state index in [0.717, 1.165) is 5.57 Å². The molecular formula is C11H15N. The highest BCUT2D eigenvalue weighted by atomic mass is 14.5. The molecule has 0 N–H and O–H groups in total. The number of hydrogen-bond acceptors (Lipinski definition) is 1. The Labute approximate surface area is 74.1 Å². The Morgan fingerprint density at radius 3 is 2.42 bits per heavy atom. The first-order valence-corrected chi connectivity index (χ1v) is 4.75. The molecule has 0 saturated heterocycles. The van der Waals surface area contributed by atoms with Crippen molar-refractivity contribution in [1.29, 1.82) is 5.26 Å². The maximum atomic E-state index is 8.87. The van der Waals surface area contributed by atoms with Crippen LogP contribution in [0.5, 0.6) is 0 Å². The van der Waals surface area contributed by atoms with Gasteiger partial charge in [0.15, 0.2) is 0 Å². The van der Waals surface area contributed by atoms with Crippen LogP contribution < -0.4 is 0 Å². The van der Waals surface area contributed by atoms with Crippen molar-refractivity contribution >= 4 is 0 Å². The highest BCUT2D eigenvalue weighted by Gasteiger charge is 2.44. The fraction of sp³-hybridized carbons (Fsp3) is 0.727. The van der Waals surface area contributed by atoms with Crippen LogP contribution in [0.3, 0.4) is 0 Å². The van der Waals surface area contributed by atoms with Crippen LogP contribution in [0.15, 0.2) is 11.6 Å². The third-order valence-corrected chi connectivity index (χ3v) is 3.12. The van der Waals surface area contributed by atoms with E-state index >= 15 is 0 Å². The molecule has 0 aromatic carbocycles. The van der Waals surface area contributed by atoms with Crippen LogP contribution in [0, 0.1) is 28.6 Å². The van der Waals surface area contributed by atoms with Crippen LogP contribution in [0.2, 0.25) is 0 Å². The zero-order valence-electron chi connectivity index (χ0n) is 7.80. The van der Waals surface area contributed by atoms with E-state index in [1.165, 1.54) is 19.3 Å².